The number of ether oxygens (including phenoxy) is 1. The molecule has 0 aliphatic heterocycles. The number of unbranched alkanes of at least 4 members (excludes halogenated alkanes) is 23. The minimum Gasteiger partial charge on any atom is -0.491 e. The van der Waals surface area contributed by atoms with Crippen molar-refractivity contribution in [3.8, 4) is 65.0 Å². The van der Waals surface area contributed by atoms with Crippen molar-refractivity contribution in [1.82, 2.24) is 0 Å². The summed E-state index contributed by atoms with van der Waals surface area (Å²) < 4.78 is 7.19. The van der Waals surface area contributed by atoms with Gasteiger partial charge in [-0.15, -0.1) is 0 Å². The summed E-state index contributed by atoms with van der Waals surface area (Å²) in [6.07, 6.45) is 31.0. The zero-order chi connectivity index (χ0) is 74.0. The Hall–Kier alpha value is -9.77. The summed E-state index contributed by atoms with van der Waals surface area (Å²) in [6.45, 7) is 11.3. The van der Waals surface area contributed by atoms with Crippen LogP contribution in [0.4, 0.5) is 28.4 Å². The van der Waals surface area contributed by atoms with Crippen molar-refractivity contribution < 1.29 is 33.8 Å². The van der Waals surface area contributed by atoms with E-state index in [9.17, 15) is 29.1 Å². The second kappa shape index (κ2) is 50.6. The Morgan fingerprint density at radius 2 is 0.462 bits per heavy atom. The topological polar surface area (TPSA) is 175 Å². The van der Waals surface area contributed by atoms with Gasteiger partial charge in [0.1, 0.15) is 0 Å². The first-order valence-corrected chi connectivity index (χ1v) is 39.0. The number of hydrogen-bond acceptors (Lipinski definition) is 7. The van der Waals surface area contributed by atoms with Crippen LogP contribution in [0.25, 0.3) is 0 Å². The van der Waals surface area contributed by atoms with E-state index in [2.05, 4.69) is 120 Å². The molecular weight excluding hydrogens is 1290 g/mol. The summed E-state index contributed by atoms with van der Waals surface area (Å²) in [4.78, 5) is 65.4. The van der Waals surface area contributed by atoms with E-state index in [0.29, 0.717) is 129 Å². The lowest BCUT2D eigenvalue weighted by atomic mass is 9.89. The van der Waals surface area contributed by atoms with Crippen molar-refractivity contribution in [2.45, 2.75) is 253 Å². The molecule has 5 amide bonds. The van der Waals surface area contributed by atoms with Crippen LogP contribution in [0.2, 0.25) is 0 Å². The highest BCUT2D eigenvalue weighted by Crippen LogP contribution is 2.35. The minimum atomic E-state index is -0.0432. The zero-order valence-electron chi connectivity index (χ0n) is 62.9. The molecule has 0 aliphatic rings. The van der Waals surface area contributed by atoms with Gasteiger partial charge in [0.2, 0.25) is 29.5 Å². The van der Waals surface area contributed by atoms with Crippen molar-refractivity contribution in [3.05, 3.63) is 177 Å². The lowest BCUT2D eigenvalue weighted by Crippen LogP contribution is -2.11. The molecule has 6 aromatic carbocycles. The third-order valence-electron chi connectivity index (χ3n) is 17.8. The van der Waals surface area contributed by atoms with E-state index in [1.165, 1.54) is 0 Å². The molecule has 104 heavy (non-hydrogen) atoms. The van der Waals surface area contributed by atoms with E-state index in [1.54, 1.807) is 0 Å². The molecule has 6 rings (SSSR count). The fourth-order valence-corrected chi connectivity index (χ4v) is 11.6. The van der Waals surface area contributed by atoms with Gasteiger partial charge in [0.15, 0.2) is 5.75 Å². The Morgan fingerprint density at radius 1 is 0.260 bits per heavy atom. The van der Waals surface area contributed by atoms with Crippen molar-refractivity contribution >= 4 is 58.0 Å². The first-order chi connectivity index (χ1) is 50.9. The van der Waals surface area contributed by atoms with Gasteiger partial charge >= 0.3 is 0 Å². The third kappa shape index (κ3) is 33.1. The van der Waals surface area contributed by atoms with Crippen LogP contribution < -0.4 is 31.3 Å². The molecule has 0 aliphatic carbocycles. The van der Waals surface area contributed by atoms with Gasteiger partial charge in [0.05, 0.1) is 34.4 Å². The first kappa shape index (κ1) is 83.2. The van der Waals surface area contributed by atoms with E-state index >= 15 is 0 Å². The van der Waals surface area contributed by atoms with Crippen LogP contribution in [0.1, 0.15) is 309 Å². The number of aliphatic hydroxyl groups is 1. The first-order valence-electron chi connectivity index (χ1n) is 39.0. The molecule has 0 fully saturated rings. The smallest absolute Gasteiger partial charge is 0.224 e. The number of carbonyl (C=O) groups excluding carboxylic acids is 5. The van der Waals surface area contributed by atoms with E-state index < -0.39 is 0 Å². The predicted molar refractivity (Wildman–Crippen MR) is 430 cm³/mol. The Balaban J connectivity index is 1.63. The Kier molecular flexibility index (Phi) is 40.4. The molecule has 548 valence electrons. The number of rotatable bonds is 42. The van der Waals surface area contributed by atoms with Crippen molar-refractivity contribution in [1.29, 1.82) is 0 Å². The van der Waals surface area contributed by atoms with Crippen LogP contribution in [0.3, 0.4) is 0 Å². The lowest BCUT2D eigenvalue weighted by molar-refractivity contribution is -0.117. The third-order valence-corrected chi connectivity index (χ3v) is 17.8. The van der Waals surface area contributed by atoms with Gasteiger partial charge in [0, 0.05) is 95.0 Å². The van der Waals surface area contributed by atoms with Gasteiger partial charge in [-0.2, -0.15) is 0 Å². The standard InChI is InChI=1S/C92H113N5O7/c1-6-11-16-28-35-87(99)93-77-55-40-72(41-56-77)50-65-82-83(66-51-73-42-57-78(58-43-73)94-88(100)36-29-17-12-7-2)85(68-53-75-46-61-80(62-47-75)96-90(102)38-31-19-14-9-4)92(104-71-34-27-25-23-21-22-24-26-33-70-98)86(69-54-76-48-63-81(64-49-76)97-91(103)39-32-20-15-10-5)84(82)67-52-74-44-59-79(60-45-74)95-89(101)37-30-18-13-8-3/h40-49,55-64,98H,6-39,70-71H2,1-5H3,(H,93,99)(H,94,100)(H,95,101)(H,96,102)(H,97,103). The average Bonchev–Trinajstić information content (AvgIpc) is 0.763. The zero-order valence-corrected chi connectivity index (χ0v) is 62.9. The van der Waals surface area contributed by atoms with Gasteiger partial charge in [-0.25, -0.2) is 0 Å². The fraction of sp³-hybridized carbons (Fsp3) is 0.446. The number of hydrogen-bond donors (Lipinski definition) is 6. The molecule has 0 saturated carbocycles. The van der Waals surface area contributed by atoms with Crippen molar-refractivity contribution in [2.75, 3.05) is 39.8 Å². The predicted octanol–water partition coefficient (Wildman–Crippen LogP) is 21.1. The summed E-state index contributed by atoms with van der Waals surface area (Å²) in [5.74, 6) is 35.3. The molecular formula is C92H113N5O7. The molecule has 12 heteroatoms. The van der Waals surface area contributed by atoms with E-state index in [-0.39, 0.29) is 36.1 Å². The molecule has 12 nitrogen and oxygen atoms in total. The maximum atomic E-state index is 13.1. The van der Waals surface area contributed by atoms with Crippen LogP contribution in [-0.2, 0) is 24.0 Å². The van der Waals surface area contributed by atoms with Crippen molar-refractivity contribution in [2.24, 2.45) is 0 Å². The maximum absolute atomic E-state index is 13.1. The average molecular weight is 1400 g/mol. The number of aliphatic hydroxyl groups excluding tert-OH is 1. The quantitative estimate of drug-likeness (QED) is 0.0163. The largest absolute Gasteiger partial charge is 0.491 e. The number of anilines is 5. The number of nitrogens with one attached hydrogen (secondary N) is 5. The van der Waals surface area contributed by atoms with E-state index in [1.807, 2.05) is 121 Å². The van der Waals surface area contributed by atoms with Crippen LogP contribution in [0.15, 0.2) is 121 Å². The van der Waals surface area contributed by atoms with Crippen LogP contribution in [-0.4, -0.2) is 47.9 Å². The second-order valence-electron chi connectivity index (χ2n) is 26.9. The summed E-state index contributed by atoms with van der Waals surface area (Å²) in [5, 5.41) is 24.6. The van der Waals surface area contributed by atoms with Gasteiger partial charge in [-0.1, -0.05) is 235 Å². The number of carbonyl (C=O) groups is 5. The minimum absolute atomic E-state index is 0.0392. The van der Waals surface area contributed by atoms with Gasteiger partial charge in [-0.05, 0) is 166 Å². The highest BCUT2D eigenvalue weighted by Gasteiger charge is 2.23. The molecule has 0 spiro atoms. The number of benzene rings is 6. The molecule has 0 saturated heterocycles. The Labute approximate surface area is 623 Å². The lowest BCUT2D eigenvalue weighted by Gasteiger charge is -2.17. The monoisotopic (exact) mass is 1400 g/mol. The number of amides is 5. The Bertz CT molecular complexity index is 3750. The maximum Gasteiger partial charge on any atom is 0.224 e. The molecule has 0 aromatic heterocycles. The highest BCUT2D eigenvalue weighted by molar-refractivity contribution is 5.93. The van der Waals surface area contributed by atoms with Crippen LogP contribution >= 0.6 is 0 Å². The van der Waals surface area contributed by atoms with E-state index in [0.717, 1.165) is 186 Å². The van der Waals surface area contributed by atoms with Crippen LogP contribution in [0, 0.1) is 59.2 Å². The molecule has 0 radical (unpaired) electrons. The molecule has 0 bridgehead atoms. The van der Waals surface area contributed by atoms with Crippen molar-refractivity contribution in [3.63, 3.8) is 0 Å². The normalized spacial score (nSPS) is 10.4. The summed E-state index contributed by atoms with van der Waals surface area (Å²) in [6, 6.07) is 37.3. The molecule has 6 N–H and O–H groups in total. The highest BCUT2D eigenvalue weighted by atomic mass is 16.5. The fourth-order valence-electron chi connectivity index (χ4n) is 11.6. The van der Waals surface area contributed by atoms with E-state index in [4.69, 9.17) is 4.74 Å². The molecule has 0 heterocycles. The molecule has 0 unspecified atom stereocenters. The molecule has 0 atom stereocenters. The summed E-state index contributed by atoms with van der Waals surface area (Å²) >= 11 is 0. The SMILES string of the molecule is CCCCCCC(=O)Nc1ccc(C#Cc2c(C#Cc3ccc(NC(=O)CCCCCC)cc3)c(C#Cc3ccc(NC(=O)CCCCCC)cc3)c(OCCCCCCCCCCCO)c(C#Cc3ccc(NC(=O)CCCCCC)cc3)c2C#Cc2ccc(NC(=O)CCCCCC)cc2)cc1. The summed E-state index contributed by atoms with van der Waals surface area (Å²) in [7, 11) is 0. The summed E-state index contributed by atoms with van der Waals surface area (Å²) in [5.41, 5.74) is 8.77. The van der Waals surface area contributed by atoms with Gasteiger partial charge < -0.3 is 36.4 Å². The van der Waals surface area contributed by atoms with Gasteiger partial charge in [-0.3, -0.25) is 24.0 Å². The molecule has 6 aromatic rings. The second-order valence-corrected chi connectivity index (χ2v) is 26.9. The van der Waals surface area contributed by atoms with Crippen LogP contribution in [0.5, 0.6) is 5.75 Å². The van der Waals surface area contributed by atoms with Gasteiger partial charge in [0.25, 0.3) is 0 Å². The Morgan fingerprint density at radius 3 is 0.692 bits per heavy atom.